The number of nitrogens with one attached hydrogen (secondary N) is 2. The van der Waals surface area contributed by atoms with E-state index in [1.165, 1.54) is 18.2 Å². The Morgan fingerprint density at radius 2 is 2.12 bits per heavy atom. The van der Waals surface area contributed by atoms with Crippen LogP contribution in [0, 0.1) is 0 Å². The van der Waals surface area contributed by atoms with Gasteiger partial charge >= 0.3 is 6.18 Å². The van der Waals surface area contributed by atoms with Crippen LogP contribution in [0.5, 0.6) is 0 Å². The van der Waals surface area contributed by atoms with Gasteiger partial charge in [0.05, 0.1) is 5.56 Å². The summed E-state index contributed by atoms with van der Waals surface area (Å²) in [5, 5.41) is 0. The SMILES string of the molecule is O=S1N/C(=C/c2cccc(C(F)(F)F)c2)NO1. The molecule has 1 aliphatic rings. The normalized spacial score (nSPS) is 22.3. The lowest BCUT2D eigenvalue weighted by molar-refractivity contribution is -0.137. The Morgan fingerprint density at radius 3 is 2.71 bits per heavy atom. The second kappa shape index (κ2) is 4.38. The van der Waals surface area contributed by atoms with Crippen LogP contribution < -0.4 is 10.2 Å². The van der Waals surface area contributed by atoms with Crippen LogP contribution in [-0.4, -0.2) is 4.21 Å². The topological polar surface area (TPSA) is 50.4 Å². The predicted octanol–water partition coefficient (Wildman–Crippen LogP) is 1.71. The molecule has 0 saturated carbocycles. The van der Waals surface area contributed by atoms with E-state index in [2.05, 4.69) is 14.5 Å². The Balaban J connectivity index is 2.25. The van der Waals surface area contributed by atoms with Gasteiger partial charge in [-0.1, -0.05) is 12.1 Å². The fraction of sp³-hybridized carbons (Fsp3) is 0.111. The molecule has 1 unspecified atom stereocenters. The molecule has 0 spiro atoms. The Bertz CT molecular complexity index is 487. The zero-order chi connectivity index (χ0) is 12.5. The van der Waals surface area contributed by atoms with E-state index in [0.29, 0.717) is 5.56 Å². The van der Waals surface area contributed by atoms with Gasteiger partial charge in [0, 0.05) is 0 Å². The summed E-state index contributed by atoms with van der Waals surface area (Å²) in [4.78, 5) is 0. The molecule has 0 amide bonds. The standard InChI is InChI=1S/C9H7F3N2O2S/c10-9(11,12)7-3-1-2-6(4-7)5-8-13-16-17(15)14-8/h1-5,13-14H/b8-5+. The average molecular weight is 264 g/mol. The molecule has 1 aliphatic heterocycles. The summed E-state index contributed by atoms with van der Waals surface area (Å²) in [5.74, 6) is 0.239. The lowest BCUT2D eigenvalue weighted by Gasteiger charge is -2.06. The molecule has 2 rings (SSSR count). The van der Waals surface area contributed by atoms with Gasteiger partial charge < -0.3 is 0 Å². The molecule has 1 heterocycles. The number of hydrogen-bond donors (Lipinski definition) is 2. The molecule has 1 saturated heterocycles. The van der Waals surface area contributed by atoms with Crippen molar-refractivity contribution in [2.75, 3.05) is 0 Å². The minimum Gasteiger partial charge on any atom is -0.265 e. The molecule has 1 atom stereocenters. The molecule has 0 bridgehead atoms. The van der Waals surface area contributed by atoms with E-state index < -0.39 is 23.0 Å². The Kier molecular flexibility index (Phi) is 3.07. The molecule has 0 aromatic heterocycles. The minimum atomic E-state index is -4.38. The van der Waals surface area contributed by atoms with Crippen LogP contribution in [0.2, 0.25) is 0 Å². The third-order valence-corrected chi connectivity index (χ3v) is 2.57. The van der Waals surface area contributed by atoms with Crippen molar-refractivity contribution in [2.24, 2.45) is 0 Å². The minimum absolute atomic E-state index is 0.239. The second-order valence-electron chi connectivity index (χ2n) is 3.20. The molecule has 2 N–H and O–H groups in total. The van der Waals surface area contributed by atoms with Crippen molar-refractivity contribution in [3.8, 4) is 0 Å². The van der Waals surface area contributed by atoms with E-state index >= 15 is 0 Å². The van der Waals surface area contributed by atoms with E-state index in [-0.39, 0.29) is 5.82 Å². The Morgan fingerprint density at radius 1 is 1.35 bits per heavy atom. The maximum atomic E-state index is 12.4. The molecule has 1 fully saturated rings. The number of alkyl halides is 3. The predicted molar refractivity (Wildman–Crippen MR) is 54.9 cm³/mol. The third kappa shape index (κ3) is 2.98. The number of hydroxylamine groups is 1. The summed E-state index contributed by atoms with van der Waals surface area (Å²) in [6.07, 6.45) is -3.02. The van der Waals surface area contributed by atoms with E-state index in [1.54, 1.807) is 0 Å². The molecule has 8 heteroatoms. The smallest absolute Gasteiger partial charge is 0.265 e. The van der Waals surface area contributed by atoms with Gasteiger partial charge in [-0.3, -0.25) is 4.72 Å². The maximum Gasteiger partial charge on any atom is 0.416 e. The highest BCUT2D eigenvalue weighted by atomic mass is 32.2. The highest BCUT2D eigenvalue weighted by molar-refractivity contribution is 7.78. The van der Waals surface area contributed by atoms with Crippen LogP contribution in [0.1, 0.15) is 11.1 Å². The Labute approximate surface area is 97.2 Å². The Hall–Kier alpha value is -1.54. The lowest BCUT2D eigenvalue weighted by Crippen LogP contribution is -2.10. The van der Waals surface area contributed by atoms with Gasteiger partial charge in [0.15, 0.2) is 0 Å². The summed E-state index contributed by atoms with van der Waals surface area (Å²) >= 11 is -1.70. The van der Waals surface area contributed by atoms with Gasteiger partial charge in [-0.25, -0.2) is 9.69 Å². The number of rotatable bonds is 1. The quantitative estimate of drug-likeness (QED) is 0.811. The summed E-state index contributed by atoms with van der Waals surface area (Å²) in [7, 11) is 0. The monoisotopic (exact) mass is 264 g/mol. The molecule has 92 valence electrons. The fourth-order valence-corrected chi connectivity index (χ4v) is 1.73. The van der Waals surface area contributed by atoms with E-state index in [4.69, 9.17) is 0 Å². The maximum absolute atomic E-state index is 12.4. The molecule has 0 radical (unpaired) electrons. The number of hydrogen-bond acceptors (Lipinski definition) is 3. The summed E-state index contributed by atoms with van der Waals surface area (Å²) in [6, 6.07) is 4.75. The van der Waals surface area contributed by atoms with E-state index in [1.807, 2.05) is 0 Å². The largest absolute Gasteiger partial charge is 0.416 e. The van der Waals surface area contributed by atoms with Crippen molar-refractivity contribution in [2.45, 2.75) is 6.18 Å². The van der Waals surface area contributed by atoms with Crippen LogP contribution in [0.15, 0.2) is 30.1 Å². The summed E-state index contributed by atoms with van der Waals surface area (Å²) < 4.78 is 54.9. The molecule has 1 aromatic rings. The first-order valence-electron chi connectivity index (χ1n) is 4.46. The summed E-state index contributed by atoms with van der Waals surface area (Å²) in [6.45, 7) is 0. The first-order valence-corrected chi connectivity index (χ1v) is 5.53. The van der Waals surface area contributed by atoms with E-state index in [9.17, 15) is 17.4 Å². The summed E-state index contributed by atoms with van der Waals surface area (Å²) in [5.41, 5.74) is 1.85. The highest BCUT2D eigenvalue weighted by Crippen LogP contribution is 2.29. The van der Waals surface area contributed by atoms with Crippen LogP contribution in [0.4, 0.5) is 13.2 Å². The van der Waals surface area contributed by atoms with Gasteiger partial charge in [-0.05, 0) is 23.8 Å². The van der Waals surface area contributed by atoms with Crippen molar-refractivity contribution in [3.63, 3.8) is 0 Å². The van der Waals surface area contributed by atoms with Crippen molar-refractivity contribution < 1.29 is 21.7 Å². The van der Waals surface area contributed by atoms with Gasteiger partial charge in [0.25, 0.3) is 11.3 Å². The zero-order valence-corrected chi connectivity index (χ0v) is 9.06. The molecular weight excluding hydrogens is 257 g/mol. The van der Waals surface area contributed by atoms with Gasteiger partial charge in [-0.2, -0.15) is 17.5 Å². The first-order chi connectivity index (χ1) is 7.95. The molecule has 1 aromatic carbocycles. The molecule has 0 aliphatic carbocycles. The van der Waals surface area contributed by atoms with Gasteiger partial charge in [0.2, 0.25) is 0 Å². The molecule has 4 nitrogen and oxygen atoms in total. The van der Waals surface area contributed by atoms with Crippen molar-refractivity contribution in [1.29, 1.82) is 0 Å². The average Bonchev–Trinajstić information content (AvgIpc) is 2.63. The number of benzene rings is 1. The van der Waals surface area contributed by atoms with E-state index in [0.717, 1.165) is 12.1 Å². The van der Waals surface area contributed by atoms with Gasteiger partial charge in [0.1, 0.15) is 5.82 Å². The second-order valence-corrected chi connectivity index (χ2v) is 4.04. The third-order valence-electron chi connectivity index (χ3n) is 1.95. The lowest BCUT2D eigenvalue weighted by atomic mass is 10.1. The highest BCUT2D eigenvalue weighted by Gasteiger charge is 2.30. The van der Waals surface area contributed by atoms with Gasteiger partial charge in [-0.15, -0.1) is 0 Å². The van der Waals surface area contributed by atoms with Crippen LogP contribution in [-0.2, 0) is 21.7 Å². The molecular formula is C9H7F3N2O2S. The molecule has 17 heavy (non-hydrogen) atoms. The van der Waals surface area contributed by atoms with Crippen molar-refractivity contribution in [3.05, 3.63) is 41.2 Å². The van der Waals surface area contributed by atoms with Crippen LogP contribution in [0.3, 0.4) is 0 Å². The zero-order valence-electron chi connectivity index (χ0n) is 8.25. The van der Waals surface area contributed by atoms with Crippen LogP contribution >= 0.6 is 0 Å². The first kappa shape index (κ1) is 11.9. The fourth-order valence-electron chi connectivity index (χ4n) is 1.24. The van der Waals surface area contributed by atoms with Crippen molar-refractivity contribution >= 4 is 17.3 Å². The van der Waals surface area contributed by atoms with Crippen LogP contribution in [0.25, 0.3) is 6.08 Å². The van der Waals surface area contributed by atoms with Crippen molar-refractivity contribution in [1.82, 2.24) is 10.2 Å². The number of halogens is 3.